The molecule has 0 bridgehead atoms. The molecular weight excluding hydrogens is 460 g/mol. The van der Waals surface area contributed by atoms with Crippen molar-refractivity contribution in [2.24, 2.45) is 5.41 Å². The van der Waals surface area contributed by atoms with Gasteiger partial charge in [0.1, 0.15) is 11.4 Å². The van der Waals surface area contributed by atoms with Gasteiger partial charge in [0, 0.05) is 24.6 Å². The predicted molar refractivity (Wildman–Crippen MR) is 132 cm³/mol. The minimum absolute atomic E-state index is 0.0848. The zero-order valence-corrected chi connectivity index (χ0v) is 19.9. The molecule has 182 valence electrons. The molecule has 1 aliphatic carbocycles. The van der Waals surface area contributed by atoms with Crippen LogP contribution in [0.3, 0.4) is 0 Å². The number of benzene rings is 2. The molecule has 2 heterocycles. The number of nitrogens with zero attached hydrogens (tertiary/aromatic N) is 3. The molecule has 1 aliphatic rings. The van der Waals surface area contributed by atoms with E-state index in [0.717, 1.165) is 5.56 Å². The van der Waals surface area contributed by atoms with Gasteiger partial charge in [0.15, 0.2) is 11.5 Å². The van der Waals surface area contributed by atoms with Crippen molar-refractivity contribution < 1.29 is 18.9 Å². The van der Waals surface area contributed by atoms with Crippen LogP contribution in [0.4, 0.5) is 5.69 Å². The first kappa shape index (κ1) is 23.2. The number of furan rings is 1. The lowest BCUT2D eigenvalue weighted by molar-refractivity contribution is -0.384. The number of hydrogen-bond acceptors (Lipinski definition) is 6. The van der Waals surface area contributed by atoms with Crippen LogP contribution in [0, 0.1) is 15.5 Å². The molecule has 2 aromatic heterocycles. The number of amides is 1. The highest BCUT2D eigenvalue weighted by molar-refractivity contribution is 6.04. The van der Waals surface area contributed by atoms with Crippen molar-refractivity contribution >= 4 is 17.4 Å². The Morgan fingerprint density at radius 2 is 1.92 bits per heavy atom. The lowest BCUT2D eigenvalue weighted by Crippen LogP contribution is -2.28. The van der Waals surface area contributed by atoms with Crippen molar-refractivity contribution in [1.82, 2.24) is 15.1 Å². The molecule has 0 saturated carbocycles. The second-order valence-electron chi connectivity index (χ2n) is 9.63. The Balaban J connectivity index is 1.57. The Bertz CT molecular complexity index is 1470. The van der Waals surface area contributed by atoms with E-state index in [1.807, 2.05) is 44.2 Å². The third-order valence-corrected chi connectivity index (χ3v) is 6.26. The highest BCUT2D eigenvalue weighted by Gasteiger charge is 2.38. The lowest BCUT2D eigenvalue weighted by atomic mass is 9.75. The summed E-state index contributed by atoms with van der Waals surface area (Å²) in [4.78, 5) is 37.4. The van der Waals surface area contributed by atoms with Crippen LogP contribution in [-0.2, 0) is 13.0 Å². The fraction of sp³-hybridized carbons (Fsp3) is 0.222. The first-order valence-corrected chi connectivity index (χ1v) is 11.5. The number of fused-ring (bicyclic) bond motifs is 1. The largest absolute Gasteiger partial charge is 0.463 e. The van der Waals surface area contributed by atoms with E-state index in [1.54, 1.807) is 12.1 Å². The number of nitro groups is 1. The van der Waals surface area contributed by atoms with Gasteiger partial charge in [-0.1, -0.05) is 44.2 Å². The Hall–Kier alpha value is -4.53. The van der Waals surface area contributed by atoms with E-state index in [9.17, 15) is 19.7 Å². The van der Waals surface area contributed by atoms with Gasteiger partial charge in [0.2, 0.25) is 0 Å². The maximum Gasteiger partial charge on any atom is 0.295 e. The monoisotopic (exact) mass is 484 g/mol. The van der Waals surface area contributed by atoms with E-state index in [2.05, 4.69) is 10.4 Å². The van der Waals surface area contributed by atoms with Crippen LogP contribution in [0.15, 0.2) is 71.3 Å². The van der Waals surface area contributed by atoms with Crippen LogP contribution in [-0.4, -0.2) is 26.4 Å². The summed E-state index contributed by atoms with van der Waals surface area (Å²) in [6.07, 6.45) is 2.32. The van der Waals surface area contributed by atoms with Gasteiger partial charge < -0.3 is 9.73 Å². The first-order chi connectivity index (χ1) is 17.2. The smallest absolute Gasteiger partial charge is 0.295 e. The second-order valence-corrected chi connectivity index (χ2v) is 9.63. The van der Waals surface area contributed by atoms with Gasteiger partial charge in [-0.25, -0.2) is 4.68 Å². The van der Waals surface area contributed by atoms with Crippen LogP contribution >= 0.6 is 0 Å². The zero-order chi connectivity index (χ0) is 25.4. The molecule has 9 nitrogen and oxygen atoms in total. The maximum atomic E-state index is 13.1. The molecule has 0 spiro atoms. The average Bonchev–Trinajstić information content (AvgIpc) is 3.50. The summed E-state index contributed by atoms with van der Waals surface area (Å²) in [7, 11) is 0. The molecule has 0 fully saturated rings. The van der Waals surface area contributed by atoms with E-state index in [1.165, 1.54) is 29.1 Å². The number of nitro benzene ring substituents is 1. The quantitative estimate of drug-likeness (QED) is 0.299. The average molecular weight is 485 g/mol. The van der Waals surface area contributed by atoms with Gasteiger partial charge in [-0.05, 0) is 41.7 Å². The molecule has 1 amide bonds. The van der Waals surface area contributed by atoms with Crippen LogP contribution in [0.25, 0.3) is 17.1 Å². The van der Waals surface area contributed by atoms with Gasteiger partial charge in [-0.3, -0.25) is 19.7 Å². The summed E-state index contributed by atoms with van der Waals surface area (Å²) >= 11 is 0. The maximum absolute atomic E-state index is 13.1. The lowest BCUT2D eigenvalue weighted by Gasteiger charge is -2.29. The van der Waals surface area contributed by atoms with Crippen molar-refractivity contribution in [2.45, 2.75) is 33.2 Å². The summed E-state index contributed by atoms with van der Waals surface area (Å²) in [5.74, 6) is -0.0975. The van der Waals surface area contributed by atoms with Crippen molar-refractivity contribution in [2.75, 3.05) is 0 Å². The van der Waals surface area contributed by atoms with Crippen LogP contribution in [0.2, 0.25) is 0 Å². The summed E-state index contributed by atoms with van der Waals surface area (Å²) in [6, 6.07) is 17.1. The Morgan fingerprint density at radius 3 is 2.61 bits per heavy atom. The van der Waals surface area contributed by atoms with E-state index >= 15 is 0 Å². The summed E-state index contributed by atoms with van der Waals surface area (Å²) in [5.41, 5.74) is 2.00. The second kappa shape index (κ2) is 8.92. The van der Waals surface area contributed by atoms with Gasteiger partial charge in [-0.2, -0.15) is 5.10 Å². The third kappa shape index (κ3) is 4.31. The Kier molecular flexibility index (Phi) is 5.75. The van der Waals surface area contributed by atoms with Crippen LogP contribution in [0.5, 0.6) is 0 Å². The van der Waals surface area contributed by atoms with Gasteiger partial charge in [0.25, 0.3) is 11.6 Å². The predicted octanol–water partition coefficient (Wildman–Crippen LogP) is 5.13. The molecule has 0 radical (unpaired) electrons. The van der Waals surface area contributed by atoms with Gasteiger partial charge >= 0.3 is 0 Å². The Morgan fingerprint density at radius 1 is 1.14 bits per heavy atom. The van der Waals surface area contributed by atoms with E-state index in [4.69, 9.17) is 4.42 Å². The number of carbonyl (C=O) groups excluding carboxylic acids is 2. The number of carbonyl (C=O) groups is 2. The minimum Gasteiger partial charge on any atom is -0.463 e. The molecule has 0 aliphatic heterocycles. The highest BCUT2D eigenvalue weighted by Crippen LogP contribution is 2.41. The Labute approximate surface area is 206 Å². The van der Waals surface area contributed by atoms with Gasteiger partial charge in [-0.15, -0.1) is 0 Å². The molecule has 9 heteroatoms. The van der Waals surface area contributed by atoms with Crippen LogP contribution in [0.1, 0.15) is 52.2 Å². The minimum atomic E-state index is -0.542. The number of nitrogens with one attached hydrogen (secondary N) is 1. The number of rotatable bonds is 6. The third-order valence-electron chi connectivity index (χ3n) is 6.26. The molecule has 1 N–H and O–H groups in total. The van der Waals surface area contributed by atoms with E-state index in [-0.39, 0.29) is 28.1 Å². The fourth-order valence-corrected chi connectivity index (χ4v) is 4.60. The topological polar surface area (TPSA) is 120 Å². The SMILES string of the molecule is CC1(C)CC(=O)c2c(-c3ccco3)nn(-c3ccc(C(=O)NCc4ccccc4)cc3[N+](=O)[O-])c2C1. The number of hydrogen-bond donors (Lipinski definition) is 1. The van der Waals surface area contributed by atoms with E-state index in [0.29, 0.717) is 42.1 Å². The molecule has 0 unspecified atom stereocenters. The molecule has 0 atom stereocenters. The molecule has 36 heavy (non-hydrogen) atoms. The van der Waals surface area contributed by atoms with Crippen molar-refractivity contribution in [3.8, 4) is 17.1 Å². The number of Topliss-reactive ketones (excluding diaryl/α,β-unsaturated/α-hetero) is 1. The molecule has 5 rings (SSSR count). The number of aromatic nitrogens is 2. The standard InChI is InChI=1S/C27H24N4O5/c1-27(2)14-21-24(22(32)15-27)25(23-9-6-12-36-23)29-30(21)19-11-10-18(13-20(19)31(34)35)26(33)28-16-17-7-4-3-5-8-17/h3-13H,14-16H2,1-2H3,(H,28,33). The normalized spacial score (nSPS) is 14.3. The van der Waals surface area contributed by atoms with E-state index < -0.39 is 10.8 Å². The van der Waals surface area contributed by atoms with Crippen molar-refractivity contribution in [1.29, 1.82) is 0 Å². The molecule has 2 aromatic carbocycles. The molecule has 0 saturated heterocycles. The van der Waals surface area contributed by atoms with Crippen molar-refractivity contribution in [3.63, 3.8) is 0 Å². The highest BCUT2D eigenvalue weighted by atomic mass is 16.6. The molecular formula is C27H24N4O5. The van der Waals surface area contributed by atoms with Crippen molar-refractivity contribution in [3.05, 3.63) is 99.4 Å². The number of ketones is 1. The first-order valence-electron chi connectivity index (χ1n) is 11.5. The van der Waals surface area contributed by atoms with Crippen LogP contribution < -0.4 is 5.32 Å². The fourth-order valence-electron chi connectivity index (χ4n) is 4.60. The molecule has 4 aromatic rings. The summed E-state index contributed by atoms with van der Waals surface area (Å²) in [5, 5.41) is 19.5. The van der Waals surface area contributed by atoms with Gasteiger partial charge in [0.05, 0.1) is 22.4 Å². The summed E-state index contributed by atoms with van der Waals surface area (Å²) < 4.78 is 6.97. The summed E-state index contributed by atoms with van der Waals surface area (Å²) in [6.45, 7) is 4.25. The zero-order valence-electron chi connectivity index (χ0n) is 19.9.